The molecule has 2 N–H and O–H groups in total. The highest BCUT2D eigenvalue weighted by Crippen LogP contribution is 2.37. The average Bonchev–Trinajstić information content (AvgIpc) is 3.49. The molecule has 0 saturated heterocycles. The van der Waals surface area contributed by atoms with Gasteiger partial charge in [-0.05, 0) is 53.8 Å². The zero-order valence-corrected chi connectivity index (χ0v) is 19.5. The fraction of sp³-hybridized carbons (Fsp3) is 0.148. The number of nitrogens with one attached hydrogen (secondary N) is 1. The zero-order valence-electron chi connectivity index (χ0n) is 18.6. The predicted molar refractivity (Wildman–Crippen MR) is 132 cm³/mol. The monoisotopic (exact) mass is 487 g/mol. The standard InChI is InChI=1S/C27H22FN3O3S/c28-20-10-11-23(32)22(15-20)24(25(33)30-27-29-12-13-35-27)31-16-19-9-8-18(14-21(19)26(31)34)7-6-17-4-2-1-3-5-17/h1-5,8-15,24,32H,6-7,16H2,(H,29,30,33). The minimum Gasteiger partial charge on any atom is -0.508 e. The summed E-state index contributed by atoms with van der Waals surface area (Å²) < 4.78 is 14.1. The Hall–Kier alpha value is -4.04. The molecular formula is C27H22FN3O3S. The lowest BCUT2D eigenvalue weighted by Crippen LogP contribution is -2.37. The summed E-state index contributed by atoms with van der Waals surface area (Å²) in [6.07, 6.45) is 3.15. The summed E-state index contributed by atoms with van der Waals surface area (Å²) >= 11 is 1.22. The van der Waals surface area contributed by atoms with Crippen LogP contribution in [-0.4, -0.2) is 26.8 Å². The first kappa shape index (κ1) is 22.7. The molecule has 4 aromatic rings. The molecule has 2 heterocycles. The van der Waals surface area contributed by atoms with Gasteiger partial charge in [0.1, 0.15) is 17.6 Å². The molecule has 1 aliphatic heterocycles. The highest BCUT2D eigenvalue weighted by atomic mass is 32.1. The third kappa shape index (κ3) is 4.79. The number of benzene rings is 3. The number of thiazole rings is 1. The second kappa shape index (κ2) is 9.68. The number of hydrogen-bond acceptors (Lipinski definition) is 5. The van der Waals surface area contributed by atoms with Crippen molar-refractivity contribution < 1.29 is 19.1 Å². The van der Waals surface area contributed by atoms with Crippen molar-refractivity contribution in [2.24, 2.45) is 0 Å². The third-order valence-electron chi connectivity index (χ3n) is 6.06. The average molecular weight is 488 g/mol. The van der Waals surface area contributed by atoms with Crippen molar-refractivity contribution in [3.8, 4) is 5.75 Å². The number of fused-ring (bicyclic) bond motifs is 1. The van der Waals surface area contributed by atoms with E-state index in [4.69, 9.17) is 0 Å². The number of hydrogen-bond donors (Lipinski definition) is 2. The van der Waals surface area contributed by atoms with Gasteiger partial charge in [-0.1, -0.05) is 42.5 Å². The molecule has 0 saturated carbocycles. The van der Waals surface area contributed by atoms with Crippen LogP contribution in [0.4, 0.5) is 9.52 Å². The fourth-order valence-electron chi connectivity index (χ4n) is 4.32. The molecule has 0 radical (unpaired) electrons. The third-order valence-corrected chi connectivity index (χ3v) is 6.75. The summed E-state index contributed by atoms with van der Waals surface area (Å²) in [7, 11) is 0. The Labute approximate surface area is 205 Å². The molecule has 0 aliphatic carbocycles. The van der Waals surface area contributed by atoms with Gasteiger partial charge in [-0.15, -0.1) is 11.3 Å². The molecule has 1 aliphatic rings. The number of carbonyl (C=O) groups is 2. The van der Waals surface area contributed by atoms with Gasteiger partial charge in [0.15, 0.2) is 5.13 Å². The van der Waals surface area contributed by atoms with Crippen molar-refractivity contribution >= 4 is 28.3 Å². The molecule has 1 aromatic heterocycles. The number of amides is 2. The van der Waals surface area contributed by atoms with Crippen LogP contribution in [0.1, 0.15) is 38.7 Å². The van der Waals surface area contributed by atoms with Crippen molar-refractivity contribution in [3.05, 3.63) is 112 Å². The van der Waals surface area contributed by atoms with E-state index in [-0.39, 0.29) is 23.8 Å². The van der Waals surface area contributed by atoms with E-state index in [0.29, 0.717) is 10.7 Å². The maximum atomic E-state index is 14.1. The van der Waals surface area contributed by atoms with Crippen molar-refractivity contribution in [1.82, 2.24) is 9.88 Å². The van der Waals surface area contributed by atoms with Gasteiger partial charge >= 0.3 is 0 Å². The van der Waals surface area contributed by atoms with E-state index < -0.39 is 17.8 Å². The zero-order chi connectivity index (χ0) is 24.4. The molecule has 3 aromatic carbocycles. The summed E-state index contributed by atoms with van der Waals surface area (Å²) in [6.45, 7) is 0.166. The fourth-order valence-corrected chi connectivity index (χ4v) is 4.85. The Balaban J connectivity index is 1.43. The van der Waals surface area contributed by atoms with E-state index in [2.05, 4.69) is 22.4 Å². The van der Waals surface area contributed by atoms with E-state index in [1.165, 1.54) is 27.9 Å². The molecule has 6 nitrogen and oxygen atoms in total. The largest absolute Gasteiger partial charge is 0.508 e. The molecule has 0 fully saturated rings. The molecular weight excluding hydrogens is 465 g/mol. The van der Waals surface area contributed by atoms with Crippen LogP contribution in [0.25, 0.3) is 0 Å². The lowest BCUT2D eigenvalue weighted by atomic mass is 10.0. The molecule has 1 unspecified atom stereocenters. The van der Waals surface area contributed by atoms with E-state index in [1.54, 1.807) is 11.6 Å². The summed E-state index contributed by atoms with van der Waals surface area (Å²) in [6, 6.07) is 18.0. The Morgan fingerprint density at radius 3 is 2.66 bits per heavy atom. The number of halogens is 1. The molecule has 5 rings (SSSR count). The van der Waals surface area contributed by atoms with Gasteiger partial charge in [0.05, 0.1) is 0 Å². The Bertz CT molecular complexity index is 1380. The van der Waals surface area contributed by atoms with E-state index in [9.17, 15) is 19.1 Å². The van der Waals surface area contributed by atoms with Crippen LogP contribution in [0.3, 0.4) is 0 Å². The van der Waals surface area contributed by atoms with Crippen LogP contribution in [0.15, 0.2) is 78.3 Å². The maximum absolute atomic E-state index is 14.1. The summed E-state index contributed by atoms with van der Waals surface area (Å²) in [5.41, 5.74) is 3.53. The highest BCUT2D eigenvalue weighted by Gasteiger charge is 2.39. The smallest absolute Gasteiger partial charge is 0.255 e. The lowest BCUT2D eigenvalue weighted by Gasteiger charge is -2.27. The number of aromatic nitrogens is 1. The molecule has 8 heteroatoms. The van der Waals surface area contributed by atoms with Gasteiger partial charge < -0.3 is 10.0 Å². The first-order chi connectivity index (χ1) is 17.0. The van der Waals surface area contributed by atoms with Crippen LogP contribution < -0.4 is 5.32 Å². The number of aryl methyl sites for hydroxylation is 2. The van der Waals surface area contributed by atoms with Gasteiger partial charge in [0.25, 0.3) is 11.8 Å². The highest BCUT2D eigenvalue weighted by molar-refractivity contribution is 7.13. The Kier molecular flexibility index (Phi) is 6.29. The minimum absolute atomic E-state index is 0.0181. The van der Waals surface area contributed by atoms with Gasteiger partial charge in [-0.2, -0.15) is 0 Å². The summed E-state index contributed by atoms with van der Waals surface area (Å²) in [5.74, 6) is -1.80. The lowest BCUT2D eigenvalue weighted by molar-refractivity contribution is -0.120. The normalized spacial score (nSPS) is 13.5. The van der Waals surface area contributed by atoms with Crippen LogP contribution >= 0.6 is 11.3 Å². The van der Waals surface area contributed by atoms with Crippen LogP contribution in [0, 0.1) is 5.82 Å². The molecule has 0 spiro atoms. The van der Waals surface area contributed by atoms with Gasteiger partial charge in [0, 0.05) is 29.2 Å². The SMILES string of the molecule is O=C(Nc1nccs1)C(c1cc(F)ccc1O)N1Cc2ccc(CCc3ccccc3)cc2C1=O. The Morgan fingerprint density at radius 2 is 1.89 bits per heavy atom. The van der Waals surface area contributed by atoms with Crippen molar-refractivity contribution in [2.75, 3.05) is 5.32 Å². The van der Waals surface area contributed by atoms with Crippen LogP contribution in [-0.2, 0) is 24.2 Å². The molecule has 1 atom stereocenters. The van der Waals surface area contributed by atoms with Crippen LogP contribution in [0.2, 0.25) is 0 Å². The van der Waals surface area contributed by atoms with Gasteiger partial charge in [-0.25, -0.2) is 9.37 Å². The second-order valence-corrected chi connectivity index (χ2v) is 9.24. The number of phenols is 1. The minimum atomic E-state index is -1.23. The van der Waals surface area contributed by atoms with E-state index in [1.807, 2.05) is 36.4 Å². The van der Waals surface area contributed by atoms with Crippen molar-refractivity contribution in [1.29, 1.82) is 0 Å². The molecule has 176 valence electrons. The molecule has 35 heavy (non-hydrogen) atoms. The number of aromatic hydroxyl groups is 1. The number of phenolic OH excluding ortho intramolecular Hbond substituents is 1. The van der Waals surface area contributed by atoms with Gasteiger partial charge in [0.2, 0.25) is 0 Å². The van der Waals surface area contributed by atoms with Crippen molar-refractivity contribution in [2.45, 2.75) is 25.4 Å². The van der Waals surface area contributed by atoms with E-state index in [0.717, 1.165) is 36.1 Å². The maximum Gasteiger partial charge on any atom is 0.255 e. The number of carbonyl (C=O) groups excluding carboxylic acids is 2. The predicted octanol–water partition coefficient (Wildman–Crippen LogP) is 5.11. The number of nitrogens with zero attached hydrogens (tertiary/aromatic N) is 2. The summed E-state index contributed by atoms with van der Waals surface area (Å²) in [4.78, 5) is 32.2. The van der Waals surface area contributed by atoms with Crippen molar-refractivity contribution in [3.63, 3.8) is 0 Å². The first-order valence-electron chi connectivity index (χ1n) is 11.1. The quantitative estimate of drug-likeness (QED) is 0.380. The topological polar surface area (TPSA) is 82.5 Å². The van der Waals surface area contributed by atoms with Gasteiger partial charge in [-0.3, -0.25) is 14.9 Å². The Morgan fingerprint density at radius 1 is 1.09 bits per heavy atom. The van der Waals surface area contributed by atoms with E-state index >= 15 is 0 Å². The summed E-state index contributed by atoms with van der Waals surface area (Å²) in [5, 5.41) is 15.2. The molecule has 0 bridgehead atoms. The number of anilines is 1. The first-order valence-corrected chi connectivity index (χ1v) is 12.0. The second-order valence-electron chi connectivity index (χ2n) is 8.34. The molecule has 2 amide bonds. The van der Waals surface area contributed by atoms with Crippen LogP contribution in [0.5, 0.6) is 5.75 Å². The number of rotatable bonds is 7.